The molecule has 8 nitrogen and oxygen atoms in total. The Balaban J connectivity index is 2.36. The number of likely N-dealkylation sites (N-methyl/N-ethyl adjacent to an activating group) is 1. The van der Waals surface area contributed by atoms with Gasteiger partial charge in [-0.1, -0.05) is 12.1 Å². The van der Waals surface area contributed by atoms with Crippen molar-refractivity contribution in [1.82, 2.24) is 9.55 Å². The van der Waals surface area contributed by atoms with Crippen LogP contribution in [0.5, 0.6) is 0 Å². The van der Waals surface area contributed by atoms with Gasteiger partial charge in [-0.15, -0.1) is 0 Å². The summed E-state index contributed by atoms with van der Waals surface area (Å²) < 4.78 is 6.07. The van der Waals surface area contributed by atoms with E-state index < -0.39 is 17.0 Å². The van der Waals surface area contributed by atoms with Crippen molar-refractivity contribution in [2.45, 2.75) is 20.4 Å². The summed E-state index contributed by atoms with van der Waals surface area (Å²) in [5, 5.41) is 0. The summed E-state index contributed by atoms with van der Waals surface area (Å²) in [6, 6.07) is 5.80. The lowest BCUT2D eigenvalue weighted by Crippen LogP contribution is -2.39. The Morgan fingerprint density at radius 1 is 1.31 bits per heavy atom. The second-order valence-corrected chi connectivity index (χ2v) is 6.16. The van der Waals surface area contributed by atoms with Gasteiger partial charge in [-0.05, 0) is 31.0 Å². The number of hydrogen-bond donors (Lipinski definition) is 2. The smallest absolute Gasteiger partial charge is 0.330 e. The van der Waals surface area contributed by atoms with Crippen LogP contribution in [-0.4, -0.2) is 42.6 Å². The molecule has 0 bridgehead atoms. The van der Waals surface area contributed by atoms with E-state index in [-0.39, 0.29) is 31.1 Å². The van der Waals surface area contributed by atoms with Crippen LogP contribution in [0.1, 0.15) is 21.5 Å². The lowest BCUT2D eigenvalue weighted by Gasteiger charge is -2.22. The highest BCUT2D eigenvalue weighted by molar-refractivity contribution is 6.02. The molecule has 0 aliphatic rings. The van der Waals surface area contributed by atoms with Crippen molar-refractivity contribution < 1.29 is 9.53 Å². The molecule has 1 aromatic heterocycles. The molecule has 0 aliphatic carbocycles. The van der Waals surface area contributed by atoms with Crippen molar-refractivity contribution in [1.29, 1.82) is 0 Å². The first-order chi connectivity index (χ1) is 12.3. The molecule has 0 spiro atoms. The first kappa shape index (κ1) is 19.5. The number of nitrogens with one attached hydrogen (secondary N) is 1. The van der Waals surface area contributed by atoms with Gasteiger partial charge in [0.25, 0.3) is 5.56 Å². The molecule has 26 heavy (non-hydrogen) atoms. The van der Waals surface area contributed by atoms with E-state index in [1.165, 1.54) is 7.11 Å². The van der Waals surface area contributed by atoms with Crippen LogP contribution in [-0.2, 0) is 11.3 Å². The predicted molar refractivity (Wildman–Crippen MR) is 101 cm³/mol. The van der Waals surface area contributed by atoms with Gasteiger partial charge in [0.15, 0.2) is 5.78 Å². The lowest BCUT2D eigenvalue weighted by atomic mass is 10.1. The maximum atomic E-state index is 12.7. The van der Waals surface area contributed by atoms with Crippen LogP contribution < -0.4 is 21.9 Å². The van der Waals surface area contributed by atoms with Crippen molar-refractivity contribution in [2.24, 2.45) is 0 Å². The van der Waals surface area contributed by atoms with Gasteiger partial charge in [-0.2, -0.15) is 0 Å². The fraction of sp³-hybridized carbons (Fsp3) is 0.389. The number of ketones is 1. The summed E-state index contributed by atoms with van der Waals surface area (Å²) >= 11 is 0. The number of nitrogens with two attached hydrogens (primary N) is 1. The van der Waals surface area contributed by atoms with Gasteiger partial charge in [0.2, 0.25) is 0 Å². The summed E-state index contributed by atoms with van der Waals surface area (Å²) in [6.45, 7) is 4.29. The molecule has 0 saturated carbocycles. The van der Waals surface area contributed by atoms with E-state index in [9.17, 15) is 14.4 Å². The zero-order valence-corrected chi connectivity index (χ0v) is 15.5. The Morgan fingerprint density at radius 2 is 2.00 bits per heavy atom. The summed E-state index contributed by atoms with van der Waals surface area (Å²) in [7, 11) is 3.25. The molecule has 0 aliphatic heterocycles. The minimum absolute atomic E-state index is 0.0416. The molecule has 1 aromatic carbocycles. The van der Waals surface area contributed by atoms with Gasteiger partial charge in [0.05, 0.1) is 19.7 Å². The van der Waals surface area contributed by atoms with E-state index in [4.69, 9.17) is 10.5 Å². The zero-order valence-electron chi connectivity index (χ0n) is 15.5. The molecular weight excluding hydrogens is 336 g/mol. The number of benzene rings is 1. The number of aromatic amines is 1. The average molecular weight is 360 g/mol. The molecule has 0 radical (unpaired) electrons. The molecule has 2 rings (SSSR count). The van der Waals surface area contributed by atoms with Crippen LogP contribution >= 0.6 is 0 Å². The molecule has 0 saturated heterocycles. The SMILES string of the molecule is COCCn1c(N)c(C(=O)CN(C)c2cccc(C)c2C)c(=O)[nH]c1=O. The molecule has 1 heterocycles. The number of nitrogens with zero attached hydrogens (tertiary/aromatic N) is 2. The largest absolute Gasteiger partial charge is 0.384 e. The van der Waals surface area contributed by atoms with Gasteiger partial charge in [0.1, 0.15) is 11.4 Å². The van der Waals surface area contributed by atoms with Crippen molar-refractivity contribution in [3.63, 3.8) is 0 Å². The molecule has 140 valence electrons. The first-order valence-electron chi connectivity index (χ1n) is 8.20. The number of aryl methyl sites for hydroxylation is 1. The third kappa shape index (κ3) is 3.85. The Morgan fingerprint density at radius 3 is 2.65 bits per heavy atom. The van der Waals surface area contributed by atoms with Crippen molar-refractivity contribution >= 4 is 17.3 Å². The van der Waals surface area contributed by atoms with Crippen LogP contribution in [0.15, 0.2) is 27.8 Å². The number of nitrogen functional groups attached to an aromatic ring is 1. The minimum Gasteiger partial charge on any atom is -0.384 e. The van der Waals surface area contributed by atoms with Gasteiger partial charge >= 0.3 is 5.69 Å². The molecule has 8 heteroatoms. The van der Waals surface area contributed by atoms with E-state index in [2.05, 4.69) is 4.98 Å². The van der Waals surface area contributed by atoms with Crippen LogP contribution in [0.3, 0.4) is 0 Å². The van der Waals surface area contributed by atoms with Gasteiger partial charge in [0, 0.05) is 19.8 Å². The summed E-state index contributed by atoms with van der Waals surface area (Å²) in [5.41, 5.74) is 7.34. The Hall–Kier alpha value is -2.87. The second-order valence-electron chi connectivity index (χ2n) is 6.16. The minimum atomic E-state index is -0.777. The third-order valence-corrected chi connectivity index (χ3v) is 4.41. The van der Waals surface area contributed by atoms with Crippen molar-refractivity contribution in [2.75, 3.05) is 37.9 Å². The summed E-state index contributed by atoms with van der Waals surface area (Å²) in [4.78, 5) is 40.7. The fourth-order valence-corrected chi connectivity index (χ4v) is 2.79. The lowest BCUT2D eigenvalue weighted by molar-refractivity contribution is 0.0998. The number of rotatable bonds is 7. The van der Waals surface area contributed by atoms with Crippen molar-refractivity contribution in [3.05, 3.63) is 55.7 Å². The molecule has 0 atom stereocenters. The maximum Gasteiger partial charge on any atom is 0.330 e. The summed E-state index contributed by atoms with van der Waals surface area (Å²) in [5.74, 6) is -0.603. The van der Waals surface area contributed by atoms with Gasteiger partial charge in [-0.25, -0.2) is 4.79 Å². The summed E-state index contributed by atoms with van der Waals surface area (Å²) in [6.07, 6.45) is 0. The Bertz CT molecular complexity index is 930. The van der Waals surface area contributed by atoms with E-state index in [0.717, 1.165) is 21.4 Å². The number of carbonyl (C=O) groups excluding carboxylic acids is 1. The van der Waals surface area contributed by atoms with E-state index >= 15 is 0 Å². The topological polar surface area (TPSA) is 110 Å². The molecule has 3 N–H and O–H groups in total. The number of Topliss-reactive ketones (excluding diaryl/α,β-unsaturated/α-hetero) is 1. The van der Waals surface area contributed by atoms with Crippen molar-refractivity contribution in [3.8, 4) is 0 Å². The maximum absolute atomic E-state index is 12.7. The van der Waals surface area contributed by atoms with Crippen LogP contribution in [0.4, 0.5) is 11.5 Å². The first-order valence-corrected chi connectivity index (χ1v) is 8.20. The highest BCUT2D eigenvalue weighted by Crippen LogP contribution is 2.21. The molecule has 0 fully saturated rings. The van der Waals surface area contributed by atoms with Crippen LogP contribution in [0, 0.1) is 13.8 Å². The Kier molecular flexibility index (Phi) is 5.99. The van der Waals surface area contributed by atoms with Gasteiger partial charge in [-0.3, -0.25) is 19.1 Å². The Labute approximate surface area is 151 Å². The number of anilines is 2. The molecular formula is C18H24N4O4. The zero-order chi connectivity index (χ0) is 19.4. The predicted octanol–water partition coefficient (Wildman–Crippen LogP) is 0.701. The molecule has 0 unspecified atom stereocenters. The number of hydrogen-bond acceptors (Lipinski definition) is 6. The highest BCUT2D eigenvalue weighted by Gasteiger charge is 2.21. The van der Waals surface area contributed by atoms with E-state index in [1.54, 1.807) is 11.9 Å². The number of aromatic nitrogens is 2. The molecule has 0 amide bonds. The monoisotopic (exact) mass is 360 g/mol. The molecule has 2 aromatic rings. The third-order valence-electron chi connectivity index (χ3n) is 4.41. The number of H-pyrrole nitrogens is 1. The number of methoxy groups -OCH3 is 1. The quantitative estimate of drug-likeness (QED) is 0.703. The fourth-order valence-electron chi connectivity index (χ4n) is 2.79. The highest BCUT2D eigenvalue weighted by atomic mass is 16.5. The van der Waals surface area contributed by atoms with Crippen LogP contribution in [0.25, 0.3) is 0 Å². The second kappa shape index (κ2) is 8.01. The standard InChI is InChI=1S/C18H24N4O4/c1-11-6-5-7-13(12(11)2)21(3)10-14(23)15-16(19)22(8-9-26-4)18(25)20-17(15)24/h5-7H,8-10,19H2,1-4H3,(H,20,24,25). The van der Waals surface area contributed by atoms with Crippen LogP contribution in [0.2, 0.25) is 0 Å². The van der Waals surface area contributed by atoms with Gasteiger partial charge < -0.3 is 15.4 Å². The average Bonchev–Trinajstić information content (AvgIpc) is 2.56. The van der Waals surface area contributed by atoms with E-state index in [0.29, 0.717) is 0 Å². The number of ether oxygens (including phenoxy) is 1. The number of carbonyl (C=O) groups is 1. The normalized spacial score (nSPS) is 10.8. The van der Waals surface area contributed by atoms with E-state index in [1.807, 2.05) is 32.0 Å².